The van der Waals surface area contributed by atoms with Gasteiger partial charge in [-0.25, -0.2) is 0 Å². The zero-order chi connectivity index (χ0) is 16.4. The number of ether oxygens (including phenoxy) is 1. The summed E-state index contributed by atoms with van der Waals surface area (Å²) in [5.74, 6) is 0.845. The molecular weight excluding hydrogens is 298 g/mol. The minimum atomic E-state index is 0.252. The summed E-state index contributed by atoms with van der Waals surface area (Å²) in [5, 5.41) is 2.04. The molecule has 1 aliphatic heterocycles. The third kappa shape index (κ3) is 3.13. The fourth-order valence-corrected chi connectivity index (χ4v) is 3.15. The smallest absolute Gasteiger partial charge is 0.136 e. The predicted octanol–water partition coefficient (Wildman–Crippen LogP) is 4.49. The highest BCUT2D eigenvalue weighted by atomic mass is 16.5. The molecule has 1 saturated heterocycles. The third-order valence-electron chi connectivity index (χ3n) is 4.45. The van der Waals surface area contributed by atoms with E-state index in [9.17, 15) is 0 Å². The van der Waals surface area contributed by atoms with Crippen molar-refractivity contribution in [3.05, 3.63) is 65.5 Å². The van der Waals surface area contributed by atoms with Crippen LogP contribution in [0.5, 0.6) is 0 Å². The Morgan fingerprint density at radius 1 is 1.08 bits per heavy atom. The average Bonchev–Trinajstić information content (AvgIpc) is 3.14. The Morgan fingerprint density at radius 3 is 2.75 bits per heavy atom. The minimum absolute atomic E-state index is 0.252. The van der Waals surface area contributed by atoms with Gasteiger partial charge in [0.2, 0.25) is 0 Å². The lowest BCUT2D eigenvalue weighted by Gasteiger charge is -2.07. The van der Waals surface area contributed by atoms with Gasteiger partial charge in [-0.15, -0.1) is 0 Å². The van der Waals surface area contributed by atoms with Crippen molar-refractivity contribution in [1.82, 2.24) is 0 Å². The number of hydrogen-bond donors (Lipinski definition) is 0. The van der Waals surface area contributed by atoms with Crippen LogP contribution >= 0.6 is 0 Å². The van der Waals surface area contributed by atoms with Crippen molar-refractivity contribution in [3.8, 4) is 11.3 Å². The maximum absolute atomic E-state index is 6.12. The second-order valence-corrected chi connectivity index (χ2v) is 6.34. The van der Waals surface area contributed by atoms with Crippen molar-refractivity contribution >= 4 is 11.0 Å². The monoisotopic (exact) mass is 319 g/mol. The summed E-state index contributed by atoms with van der Waals surface area (Å²) in [5.41, 5.74) is 3.14. The highest BCUT2D eigenvalue weighted by Crippen LogP contribution is 2.22. The summed E-state index contributed by atoms with van der Waals surface area (Å²) < 4.78 is 11.8. The average molecular weight is 319 g/mol. The molecule has 1 aliphatic rings. The van der Waals surface area contributed by atoms with E-state index in [1.54, 1.807) is 0 Å². The van der Waals surface area contributed by atoms with Crippen molar-refractivity contribution in [2.45, 2.75) is 25.9 Å². The van der Waals surface area contributed by atoms with E-state index in [1.807, 2.05) is 30.3 Å². The Kier molecular flexibility index (Phi) is 4.18. The first kappa shape index (κ1) is 15.2. The van der Waals surface area contributed by atoms with Crippen LogP contribution in [-0.2, 0) is 4.74 Å². The molecule has 3 aromatic rings. The van der Waals surface area contributed by atoms with Crippen LogP contribution in [0.15, 0.2) is 64.0 Å². The molecule has 0 spiro atoms. The Bertz CT molecular complexity index is 906. The standard InChI is InChI=1S/C21H21NO2/c1-15-9-10-20-18(12-15)19(22-14-17-8-5-11-23-17)13-21(24-20)16-6-3-2-4-7-16/h2-4,6-7,9-10,12-13,17H,5,8,11,14H2,1H3/t17-/m0/s1. The van der Waals surface area contributed by atoms with Crippen molar-refractivity contribution < 1.29 is 9.15 Å². The summed E-state index contributed by atoms with van der Waals surface area (Å²) >= 11 is 0. The van der Waals surface area contributed by atoms with E-state index < -0.39 is 0 Å². The zero-order valence-corrected chi connectivity index (χ0v) is 13.9. The Labute approximate surface area is 141 Å². The van der Waals surface area contributed by atoms with E-state index in [1.165, 1.54) is 5.56 Å². The fourth-order valence-electron chi connectivity index (χ4n) is 3.15. The first-order valence-electron chi connectivity index (χ1n) is 8.52. The van der Waals surface area contributed by atoms with E-state index in [4.69, 9.17) is 14.1 Å². The topological polar surface area (TPSA) is 34.7 Å². The van der Waals surface area contributed by atoms with Gasteiger partial charge >= 0.3 is 0 Å². The van der Waals surface area contributed by atoms with E-state index in [0.29, 0.717) is 6.54 Å². The molecule has 24 heavy (non-hydrogen) atoms. The molecule has 0 saturated carbocycles. The van der Waals surface area contributed by atoms with Gasteiger partial charge in [-0.05, 0) is 31.9 Å². The summed E-state index contributed by atoms with van der Waals surface area (Å²) in [6.45, 7) is 3.66. The number of rotatable bonds is 3. The Hall–Kier alpha value is -2.39. The van der Waals surface area contributed by atoms with Gasteiger partial charge in [-0.2, -0.15) is 0 Å². The highest BCUT2D eigenvalue weighted by Gasteiger charge is 2.14. The molecule has 0 aliphatic carbocycles. The lowest BCUT2D eigenvalue weighted by molar-refractivity contribution is 0.117. The lowest BCUT2D eigenvalue weighted by Crippen LogP contribution is -2.13. The largest absolute Gasteiger partial charge is 0.456 e. The van der Waals surface area contributed by atoms with Crippen molar-refractivity contribution in [3.63, 3.8) is 0 Å². The normalized spacial score (nSPS) is 18.4. The van der Waals surface area contributed by atoms with Gasteiger partial charge in [0.1, 0.15) is 11.3 Å². The maximum Gasteiger partial charge on any atom is 0.136 e. The van der Waals surface area contributed by atoms with Gasteiger partial charge in [0.25, 0.3) is 0 Å². The second kappa shape index (κ2) is 6.62. The van der Waals surface area contributed by atoms with E-state index in [2.05, 4.69) is 31.2 Å². The molecule has 2 aromatic carbocycles. The molecule has 0 N–H and O–H groups in total. The molecule has 3 heteroatoms. The molecule has 1 aromatic heterocycles. The molecule has 1 fully saturated rings. The first-order chi connectivity index (χ1) is 11.8. The zero-order valence-electron chi connectivity index (χ0n) is 13.9. The van der Waals surface area contributed by atoms with Gasteiger partial charge in [0.15, 0.2) is 0 Å². The molecule has 0 amide bonds. The van der Waals surface area contributed by atoms with Crippen LogP contribution in [-0.4, -0.2) is 19.3 Å². The van der Waals surface area contributed by atoms with Gasteiger partial charge in [0.05, 0.1) is 18.0 Å². The van der Waals surface area contributed by atoms with Crippen molar-refractivity contribution in [2.75, 3.05) is 13.2 Å². The Morgan fingerprint density at radius 2 is 1.96 bits per heavy atom. The molecule has 4 rings (SSSR count). The van der Waals surface area contributed by atoms with E-state index >= 15 is 0 Å². The van der Waals surface area contributed by atoms with Crippen LogP contribution < -0.4 is 5.36 Å². The molecule has 3 nitrogen and oxygen atoms in total. The SMILES string of the molecule is Cc1ccc2oc(-c3ccccc3)cc(=NC[C@@H]3CCCO3)c2c1. The predicted molar refractivity (Wildman–Crippen MR) is 95.8 cm³/mol. The van der Waals surface area contributed by atoms with Crippen LogP contribution in [0, 0.1) is 6.92 Å². The third-order valence-corrected chi connectivity index (χ3v) is 4.45. The van der Waals surface area contributed by atoms with Gasteiger partial charge in [-0.3, -0.25) is 4.99 Å². The summed E-state index contributed by atoms with van der Waals surface area (Å²) in [4.78, 5) is 4.86. The molecule has 0 unspecified atom stereocenters. The fraction of sp³-hybridized carbons (Fsp3) is 0.286. The number of nitrogens with zero attached hydrogens (tertiary/aromatic N) is 1. The summed E-state index contributed by atoms with van der Waals surface area (Å²) in [6, 6.07) is 18.5. The van der Waals surface area contributed by atoms with Crippen LogP contribution in [0.3, 0.4) is 0 Å². The number of hydrogen-bond acceptors (Lipinski definition) is 3. The molecular formula is C21H21NO2. The minimum Gasteiger partial charge on any atom is -0.456 e. The quantitative estimate of drug-likeness (QED) is 0.713. The lowest BCUT2D eigenvalue weighted by atomic mass is 10.1. The van der Waals surface area contributed by atoms with Crippen LogP contribution in [0.25, 0.3) is 22.3 Å². The number of benzene rings is 2. The number of fused-ring (bicyclic) bond motifs is 1. The van der Waals surface area contributed by atoms with Crippen molar-refractivity contribution in [1.29, 1.82) is 0 Å². The Balaban J connectivity index is 1.85. The van der Waals surface area contributed by atoms with Crippen LogP contribution in [0.1, 0.15) is 18.4 Å². The molecule has 1 atom stereocenters. The van der Waals surface area contributed by atoms with Crippen LogP contribution in [0.4, 0.5) is 0 Å². The first-order valence-corrected chi connectivity index (χ1v) is 8.52. The van der Waals surface area contributed by atoms with Gasteiger partial charge in [0, 0.05) is 23.6 Å². The molecule has 2 heterocycles. The number of aryl methyl sites for hydroxylation is 1. The van der Waals surface area contributed by atoms with Crippen LogP contribution in [0.2, 0.25) is 0 Å². The van der Waals surface area contributed by atoms with E-state index in [-0.39, 0.29) is 6.10 Å². The summed E-state index contributed by atoms with van der Waals surface area (Å²) in [6.07, 6.45) is 2.49. The molecule has 122 valence electrons. The van der Waals surface area contributed by atoms with Crippen molar-refractivity contribution in [2.24, 2.45) is 4.99 Å². The maximum atomic E-state index is 6.12. The highest BCUT2D eigenvalue weighted by molar-refractivity contribution is 5.79. The second-order valence-electron chi connectivity index (χ2n) is 6.34. The van der Waals surface area contributed by atoms with E-state index in [0.717, 1.165) is 47.1 Å². The van der Waals surface area contributed by atoms with Gasteiger partial charge < -0.3 is 9.15 Å². The molecule has 0 bridgehead atoms. The molecule has 0 radical (unpaired) electrons. The van der Waals surface area contributed by atoms with Gasteiger partial charge in [-0.1, -0.05) is 42.0 Å². The summed E-state index contributed by atoms with van der Waals surface area (Å²) in [7, 11) is 0.